The predicted octanol–water partition coefficient (Wildman–Crippen LogP) is 3.77. The van der Waals surface area contributed by atoms with E-state index in [-0.39, 0.29) is 5.82 Å². The summed E-state index contributed by atoms with van der Waals surface area (Å²) in [7, 11) is 0. The van der Waals surface area contributed by atoms with Gasteiger partial charge in [-0.25, -0.2) is 14.4 Å². The number of halogens is 2. The number of carbonyl (C=O) groups is 1. The molecule has 0 aliphatic carbocycles. The van der Waals surface area contributed by atoms with Crippen molar-refractivity contribution in [2.24, 2.45) is 0 Å². The molecule has 0 fully saturated rings. The molecule has 0 bridgehead atoms. The van der Waals surface area contributed by atoms with Gasteiger partial charge in [0.1, 0.15) is 16.6 Å². The fourth-order valence-corrected chi connectivity index (χ4v) is 2.53. The minimum Gasteiger partial charge on any atom is -0.355 e. The summed E-state index contributed by atoms with van der Waals surface area (Å²) in [5, 5.41) is 3.02. The Morgan fingerprint density at radius 1 is 1.33 bits per heavy atom. The molecule has 0 unspecified atom stereocenters. The van der Waals surface area contributed by atoms with E-state index in [1.807, 2.05) is 20.8 Å². The average molecular weight is 349 g/mol. The van der Waals surface area contributed by atoms with Gasteiger partial charge in [0.15, 0.2) is 0 Å². The van der Waals surface area contributed by atoms with E-state index in [2.05, 4.69) is 15.3 Å². The first kappa shape index (κ1) is 17.9. The second-order valence-electron chi connectivity index (χ2n) is 4.78. The topological polar surface area (TPSA) is 59.3 Å². The van der Waals surface area contributed by atoms with E-state index >= 15 is 0 Å². The van der Waals surface area contributed by atoms with Crippen molar-refractivity contribution < 1.29 is 9.18 Å². The zero-order chi connectivity index (χ0) is 17.7. The largest absolute Gasteiger partial charge is 0.355 e. The average Bonchev–Trinajstić information content (AvgIpc) is 3.00. The maximum Gasteiger partial charge on any atom is 0.207 e. The van der Waals surface area contributed by atoms with Crippen molar-refractivity contribution >= 4 is 23.7 Å². The lowest BCUT2D eigenvalue weighted by molar-refractivity contribution is -0.109. The third kappa shape index (κ3) is 3.38. The van der Waals surface area contributed by atoms with Gasteiger partial charge in [-0.3, -0.25) is 9.20 Å². The molecule has 3 aromatic heterocycles. The standard InChI is InChI=1S/C15H12ClFN4O.C2H6/c1-9-11(5-18-8-22)12(6-20-15(9)16)13-7-19-14-4-10(17)2-3-21(13)14;1-2/h2-4,6-8H,5H2,1H3,(H,18,22);1-2H3. The number of pyridine rings is 2. The Labute approximate surface area is 144 Å². The van der Waals surface area contributed by atoms with Gasteiger partial charge in [-0.1, -0.05) is 25.4 Å². The first-order valence-electron chi connectivity index (χ1n) is 7.56. The molecule has 126 valence electrons. The summed E-state index contributed by atoms with van der Waals surface area (Å²) >= 11 is 6.07. The molecule has 1 amide bonds. The number of fused-ring (bicyclic) bond motifs is 1. The van der Waals surface area contributed by atoms with Crippen molar-refractivity contribution in [1.82, 2.24) is 19.7 Å². The second-order valence-corrected chi connectivity index (χ2v) is 5.14. The Morgan fingerprint density at radius 3 is 2.79 bits per heavy atom. The molecule has 0 aromatic carbocycles. The number of carbonyl (C=O) groups excluding carboxylic acids is 1. The highest BCUT2D eigenvalue weighted by Crippen LogP contribution is 2.29. The second kappa shape index (κ2) is 7.88. The Kier molecular flexibility index (Phi) is 5.87. The van der Waals surface area contributed by atoms with Gasteiger partial charge in [0.05, 0.1) is 11.9 Å². The van der Waals surface area contributed by atoms with Crippen molar-refractivity contribution in [1.29, 1.82) is 0 Å². The van der Waals surface area contributed by atoms with Gasteiger partial charge in [-0.05, 0) is 24.1 Å². The molecule has 0 saturated carbocycles. The summed E-state index contributed by atoms with van der Waals surface area (Å²) in [6, 6.07) is 2.71. The number of amides is 1. The normalized spacial score (nSPS) is 10.2. The summed E-state index contributed by atoms with van der Waals surface area (Å²) in [6.07, 6.45) is 5.50. The molecule has 7 heteroatoms. The molecule has 0 aliphatic rings. The van der Waals surface area contributed by atoms with Crippen molar-refractivity contribution in [3.05, 3.63) is 52.8 Å². The Bertz CT molecular complexity index is 863. The van der Waals surface area contributed by atoms with Gasteiger partial charge < -0.3 is 5.32 Å². The third-order valence-corrected chi connectivity index (χ3v) is 3.89. The molecule has 0 spiro atoms. The number of hydrogen-bond acceptors (Lipinski definition) is 3. The maximum absolute atomic E-state index is 13.3. The smallest absolute Gasteiger partial charge is 0.207 e. The van der Waals surface area contributed by atoms with Crippen molar-refractivity contribution in [2.45, 2.75) is 27.3 Å². The number of rotatable bonds is 4. The lowest BCUT2D eigenvalue weighted by Crippen LogP contribution is -2.13. The quantitative estimate of drug-likeness (QED) is 0.576. The minimum absolute atomic E-state index is 0.321. The fraction of sp³-hybridized carbons (Fsp3) is 0.235. The lowest BCUT2D eigenvalue weighted by atomic mass is 10.0. The molecular weight excluding hydrogens is 331 g/mol. The van der Waals surface area contributed by atoms with Gasteiger partial charge in [0.25, 0.3) is 0 Å². The van der Waals surface area contributed by atoms with Crippen LogP contribution in [0.25, 0.3) is 16.9 Å². The van der Waals surface area contributed by atoms with E-state index in [1.165, 1.54) is 12.1 Å². The number of aromatic nitrogens is 3. The first-order valence-corrected chi connectivity index (χ1v) is 7.93. The summed E-state index contributed by atoms with van der Waals surface area (Å²) in [5.41, 5.74) is 3.67. The molecule has 0 radical (unpaired) electrons. The van der Waals surface area contributed by atoms with E-state index in [0.717, 1.165) is 22.4 Å². The highest BCUT2D eigenvalue weighted by Gasteiger charge is 2.15. The number of nitrogens with zero attached hydrogens (tertiary/aromatic N) is 3. The predicted molar refractivity (Wildman–Crippen MR) is 92.4 cm³/mol. The molecule has 5 nitrogen and oxygen atoms in total. The van der Waals surface area contributed by atoms with Gasteiger partial charge in [-0.15, -0.1) is 0 Å². The summed E-state index contributed by atoms with van der Waals surface area (Å²) in [4.78, 5) is 19.0. The van der Waals surface area contributed by atoms with Crippen molar-refractivity contribution in [3.8, 4) is 11.3 Å². The third-order valence-electron chi connectivity index (χ3n) is 3.51. The number of imidazole rings is 1. The monoisotopic (exact) mass is 348 g/mol. The highest BCUT2D eigenvalue weighted by atomic mass is 35.5. The SMILES string of the molecule is CC.Cc1c(Cl)ncc(-c2cnc3cc(F)ccn23)c1CNC=O. The molecular formula is C17H18ClFN4O. The lowest BCUT2D eigenvalue weighted by Gasteiger charge is -2.13. The first-order chi connectivity index (χ1) is 11.6. The van der Waals surface area contributed by atoms with E-state index in [1.54, 1.807) is 23.0 Å². The molecule has 3 heterocycles. The molecule has 0 atom stereocenters. The Balaban J connectivity index is 0.00000100. The van der Waals surface area contributed by atoms with E-state index in [9.17, 15) is 9.18 Å². The van der Waals surface area contributed by atoms with Crippen LogP contribution < -0.4 is 5.32 Å². The maximum atomic E-state index is 13.3. The number of hydrogen-bond donors (Lipinski definition) is 1. The van der Waals surface area contributed by atoms with Crippen molar-refractivity contribution in [2.75, 3.05) is 0 Å². The van der Waals surface area contributed by atoms with Crippen LogP contribution in [0, 0.1) is 12.7 Å². The molecule has 0 aliphatic heterocycles. The summed E-state index contributed by atoms with van der Waals surface area (Å²) in [5.74, 6) is -0.349. The molecule has 3 rings (SSSR count). The van der Waals surface area contributed by atoms with Gasteiger partial charge >= 0.3 is 0 Å². The van der Waals surface area contributed by atoms with Crippen LogP contribution in [0.5, 0.6) is 0 Å². The van der Waals surface area contributed by atoms with Crippen LogP contribution >= 0.6 is 11.6 Å². The summed E-state index contributed by atoms with van der Waals surface area (Å²) < 4.78 is 15.0. The molecule has 3 aromatic rings. The molecule has 24 heavy (non-hydrogen) atoms. The van der Waals surface area contributed by atoms with Crippen LogP contribution in [0.15, 0.2) is 30.7 Å². The van der Waals surface area contributed by atoms with Crippen LogP contribution in [0.2, 0.25) is 5.15 Å². The summed E-state index contributed by atoms with van der Waals surface area (Å²) in [6.45, 7) is 6.16. The fourth-order valence-electron chi connectivity index (χ4n) is 2.37. The molecule has 0 saturated heterocycles. The number of nitrogens with one attached hydrogen (secondary N) is 1. The zero-order valence-electron chi connectivity index (χ0n) is 13.7. The highest BCUT2D eigenvalue weighted by molar-refractivity contribution is 6.30. The van der Waals surface area contributed by atoms with Gasteiger partial charge in [0.2, 0.25) is 6.41 Å². The van der Waals surface area contributed by atoms with Crippen LogP contribution in [0.1, 0.15) is 25.0 Å². The zero-order valence-corrected chi connectivity index (χ0v) is 14.4. The van der Waals surface area contributed by atoms with Crippen molar-refractivity contribution in [3.63, 3.8) is 0 Å². The molecule has 1 N–H and O–H groups in total. The van der Waals surface area contributed by atoms with Crippen LogP contribution in [-0.4, -0.2) is 20.8 Å². The van der Waals surface area contributed by atoms with Crippen LogP contribution in [-0.2, 0) is 11.3 Å². The van der Waals surface area contributed by atoms with E-state index in [0.29, 0.717) is 23.8 Å². The van der Waals surface area contributed by atoms with Crippen LogP contribution in [0.3, 0.4) is 0 Å². The minimum atomic E-state index is -0.349. The Morgan fingerprint density at radius 2 is 2.08 bits per heavy atom. The van der Waals surface area contributed by atoms with E-state index in [4.69, 9.17) is 11.6 Å². The Hall–Kier alpha value is -2.47. The van der Waals surface area contributed by atoms with Gasteiger partial charge in [-0.2, -0.15) is 0 Å². The van der Waals surface area contributed by atoms with E-state index < -0.39 is 0 Å². The van der Waals surface area contributed by atoms with Crippen LogP contribution in [0.4, 0.5) is 4.39 Å². The van der Waals surface area contributed by atoms with Gasteiger partial charge in [0, 0.05) is 30.6 Å².